The van der Waals surface area contributed by atoms with Gasteiger partial charge in [0.25, 0.3) is 0 Å². The molecule has 0 fully saturated rings. The molecule has 76 valence electrons. The molecular weight excluding hydrogens is 179 g/mol. The number of hydrogen-bond donors (Lipinski definition) is 0. The topological polar surface area (TPSA) is 17.1 Å². The maximum Gasteiger partial charge on any atom is 0.150 e. The summed E-state index contributed by atoms with van der Waals surface area (Å²) >= 11 is 0. The third kappa shape index (κ3) is 2.19. The number of aldehydes is 1. The van der Waals surface area contributed by atoms with Gasteiger partial charge in [-0.3, -0.25) is 9.18 Å². The van der Waals surface area contributed by atoms with Crippen molar-refractivity contribution in [2.75, 3.05) is 6.67 Å². The molecule has 2 heteroatoms. The van der Waals surface area contributed by atoms with Crippen LogP contribution in [0.5, 0.6) is 0 Å². The van der Waals surface area contributed by atoms with Crippen LogP contribution in [0.4, 0.5) is 4.39 Å². The number of halogens is 1. The number of alkyl halides is 1. The van der Waals surface area contributed by atoms with E-state index in [1.54, 1.807) is 12.1 Å². The second-order valence-corrected chi connectivity index (χ2v) is 3.75. The molecular formula is C12H15FO. The normalized spacial score (nSPS) is 12.9. The van der Waals surface area contributed by atoms with Crippen LogP contribution in [0.15, 0.2) is 24.3 Å². The maximum atomic E-state index is 12.8. The van der Waals surface area contributed by atoms with Gasteiger partial charge in [-0.25, -0.2) is 0 Å². The smallest absolute Gasteiger partial charge is 0.150 e. The van der Waals surface area contributed by atoms with Gasteiger partial charge in [-0.15, -0.1) is 0 Å². The van der Waals surface area contributed by atoms with Gasteiger partial charge in [0.15, 0.2) is 0 Å². The van der Waals surface area contributed by atoms with Crippen molar-refractivity contribution in [3.63, 3.8) is 0 Å². The fourth-order valence-electron chi connectivity index (χ4n) is 1.58. The largest absolute Gasteiger partial charge is 0.298 e. The van der Waals surface area contributed by atoms with Crippen LogP contribution in [0, 0.1) is 5.92 Å². The molecule has 0 saturated carbocycles. The number of carbonyl (C=O) groups is 1. The molecule has 1 nitrogen and oxygen atoms in total. The molecule has 1 aromatic carbocycles. The number of rotatable bonds is 4. The molecule has 0 amide bonds. The summed E-state index contributed by atoms with van der Waals surface area (Å²) in [5.41, 5.74) is 1.42. The van der Waals surface area contributed by atoms with Gasteiger partial charge in [0.2, 0.25) is 0 Å². The monoisotopic (exact) mass is 194 g/mol. The van der Waals surface area contributed by atoms with Crippen LogP contribution in [0.25, 0.3) is 0 Å². The molecule has 0 heterocycles. The highest BCUT2D eigenvalue weighted by Gasteiger charge is 2.17. The second-order valence-electron chi connectivity index (χ2n) is 3.75. The summed E-state index contributed by atoms with van der Waals surface area (Å²) in [4.78, 5) is 10.7. The van der Waals surface area contributed by atoms with E-state index in [-0.39, 0.29) is 11.8 Å². The Labute approximate surface area is 83.9 Å². The molecule has 0 aliphatic heterocycles. The van der Waals surface area contributed by atoms with Gasteiger partial charge in [0.1, 0.15) is 6.29 Å². The molecule has 14 heavy (non-hydrogen) atoms. The van der Waals surface area contributed by atoms with Crippen LogP contribution in [0.1, 0.15) is 35.7 Å². The first-order chi connectivity index (χ1) is 6.70. The summed E-state index contributed by atoms with van der Waals surface area (Å²) in [5, 5.41) is 0. The van der Waals surface area contributed by atoms with Crippen molar-refractivity contribution in [2.45, 2.75) is 19.8 Å². The lowest BCUT2D eigenvalue weighted by atomic mass is 9.87. The molecule has 0 bridgehead atoms. The van der Waals surface area contributed by atoms with E-state index >= 15 is 0 Å². The van der Waals surface area contributed by atoms with Crippen LogP contribution < -0.4 is 0 Å². The van der Waals surface area contributed by atoms with Crippen molar-refractivity contribution in [3.8, 4) is 0 Å². The standard InChI is InChI=1S/C12H15FO/c1-9(2)12(7-13)11-6-4-3-5-10(11)8-14/h3-6,8-9,12H,7H2,1-2H3. The minimum Gasteiger partial charge on any atom is -0.298 e. The van der Waals surface area contributed by atoms with E-state index in [0.29, 0.717) is 5.56 Å². The van der Waals surface area contributed by atoms with Crippen LogP contribution in [-0.2, 0) is 0 Å². The SMILES string of the molecule is CC(C)C(CF)c1ccccc1C=O. The molecule has 1 rings (SSSR count). The van der Waals surface area contributed by atoms with Gasteiger partial charge in [-0.05, 0) is 11.5 Å². The zero-order chi connectivity index (χ0) is 10.6. The lowest BCUT2D eigenvalue weighted by Crippen LogP contribution is -2.11. The highest BCUT2D eigenvalue weighted by molar-refractivity contribution is 5.77. The number of hydrogen-bond acceptors (Lipinski definition) is 1. The van der Waals surface area contributed by atoms with Crippen LogP contribution in [-0.4, -0.2) is 13.0 Å². The van der Waals surface area contributed by atoms with E-state index in [1.807, 2.05) is 26.0 Å². The van der Waals surface area contributed by atoms with Crippen LogP contribution in [0.2, 0.25) is 0 Å². The minimum atomic E-state index is -0.414. The first kappa shape index (κ1) is 10.9. The first-order valence-electron chi connectivity index (χ1n) is 4.80. The van der Waals surface area contributed by atoms with Crippen LogP contribution >= 0.6 is 0 Å². The summed E-state index contributed by atoms with van der Waals surface area (Å²) in [6.07, 6.45) is 0.792. The van der Waals surface area contributed by atoms with E-state index in [2.05, 4.69) is 0 Å². The molecule has 0 aliphatic carbocycles. The van der Waals surface area contributed by atoms with E-state index in [9.17, 15) is 9.18 Å². The van der Waals surface area contributed by atoms with Gasteiger partial charge >= 0.3 is 0 Å². The van der Waals surface area contributed by atoms with E-state index in [4.69, 9.17) is 0 Å². The summed E-state index contributed by atoms with van der Waals surface area (Å²) in [6.45, 7) is 3.51. The third-order valence-electron chi connectivity index (χ3n) is 2.49. The van der Waals surface area contributed by atoms with Gasteiger partial charge in [0, 0.05) is 11.5 Å². The third-order valence-corrected chi connectivity index (χ3v) is 2.49. The van der Waals surface area contributed by atoms with Gasteiger partial charge in [-0.1, -0.05) is 38.1 Å². The Kier molecular flexibility index (Phi) is 3.81. The first-order valence-corrected chi connectivity index (χ1v) is 4.80. The molecule has 0 aromatic heterocycles. The Morgan fingerprint density at radius 3 is 2.50 bits per heavy atom. The number of benzene rings is 1. The fraction of sp³-hybridized carbons (Fsp3) is 0.417. The average molecular weight is 194 g/mol. The lowest BCUT2D eigenvalue weighted by molar-refractivity contribution is 0.112. The Hall–Kier alpha value is -1.18. The average Bonchev–Trinajstić information content (AvgIpc) is 2.19. The van der Waals surface area contributed by atoms with Crippen molar-refractivity contribution >= 4 is 6.29 Å². The molecule has 0 spiro atoms. The quantitative estimate of drug-likeness (QED) is 0.673. The predicted octanol–water partition coefficient (Wildman–Crippen LogP) is 3.21. The van der Waals surface area contributed by atoms with Crippen molar-refractivity contribution in [1.82, 2.24) is 0 Å². The zero-order valence-corrected chi connectivity index (χ0v) is 8.53. The summed E-state index contributed by atoms with van der Waals surface area (Å²) < 4.78 is 12.8. The molecule has 0 N–H and O–H groups in total. The van der Waals surface area contributed by atoms with Gasteiger partial charge in [0.05, 0.1) is 6.67 Å². The Morgan fingerprint density at radius 1 is 1.36 bits per heavy atom. The molecule has 1 aromatic rings. The Bertz CT molecular complexity index is 307. The summed E-state index contributed by atoms with van der Waals surface area (Å²) in [6, 6.07) is 7.19. The molecule has 1 atom stereocenters. The molecule has 1 unspecified atom stereocenters. The zero-order valence-electron chi connectivity index (χ0n) is 8.53. The lowest BCUT2D eigenvalue weighted by Gasteiger charge is -2.19. The van der Waals surface area contributed by atoms with E-state index in [0.717, 1.165) is 11.8 Å². The maximum absolute atomic E-state index is 12.8. The van der Waals surface area contributed by atoms with Crippen molar-refractivity contribution in [2.24, 2.45) is 5.92 Å². The van der Waals surface area contributed by atoms with Crippen molar-refractivity contribution in [3.05, 3.63) is 35.4 Å². The van der Waals surface area contributed by atoms with Gasteiger partial charge in [-0.2, -0.15) is 0 Å². The Morgan fingerprint density at radius 2 is 2.00 bits per heavy atom. The number of carbonyl (C=O) groups excluding carboxylic acids is 1. The van der Waals surface area contributed by atoms with Crippen molar-refractivity contribution < 1.29 is 9.18 Å². The van der Waals surface area contributed by atoms with Crippen molar-refractivity contribution in [1.29, 1.82) is 0 Å². The van der Waals surface area contributed by atoms with E-state index < -0.39 is 6.67 Å². The van der Waals surface area contributed by atoms with Crippen LogP contribution in [0.3, 0.4) is 0 Å². The highest BCUT2D eigenvalue weighted by Crippen LogP contribution is 2.26. The fourth-order valence-corrected chi connectivity index (χ4v) is 1.58. The molecule has 0 radical (unpaired) electrons. The van der Waals surface area contributed by atoms with Gasteiger partial charge < -0.3 is 0 Å². The second kappa shape index (κ2) is 4.89. The minimum absolute atomic E-state index is 0.170. The molecule has 0 aliphatic rings. The van der Waals surface area contributed by atoms with E-state index in [1.165, 1.54) is 0 Å². The predicted molar refractivity (Wildman–Crippen MR) is 55.4 cm³/mol. The summed E-state index contributed by atoms with van der Waals surface area (Å²) in [5.74, 6) is 0.0394. The summed E-state index contributed by atoms with van der Waals surface area (Å²) in [7, 11) is 0. The Balaban J connectivity index is 3.08. The highest BCUT2D eigenvalue weighted by atomic mass is 19.1. The molecule has 0 saturated heterocycles.